The zero-order chi connectivity index (χ0) is 17.4. The Morgan fingerprint density at radius 1 is 1.21 bits per heavy atom. The van der Waals surface area contributed by atoms with Crippen LogP contribution in [0.3, 0.4) is 0 Å². The van der Waals surface area contributed by atoms with Crippen LogP contribution in [0, 0.1) is 0 Å². The van der Waals surface area contributed by atoms with E-state index in [0.29, 0.717) is 37.2 Å². The molecule has 1 spiro atoms. The average Bonchev–Trinajstić information content (AvgIpc) is 2.68. The number of ether oxygens (including phenoxy) is 2. The summed E-state index contributed by atoms with van der Waals surface area (Å²) in [6, 6.07) is 7.41. The van der Waals surface area contributed by atoms with Crippen molar-refractivity contribution in [2.24, 2.45) is 0 Å². The van der Waals surface area contributed by atoms with Crippen molar-refractivity contribution in [3.8, 4) is 5.75 Å². The molecule has 0 saturated carbocycles. The van der Waals surface area contributed by atoms with Crippen molar-refractivity contribution in [2.45, 2.75) is 57.7 Å². The number of para-hydroxylation sites is 1. The summed E-state index contributed by atoms with van der Waals surface area (Å²) in [4.78, 5) is 26.5. The van der Waals surface area contributed by atoms with Gasteiger partial charge in [-0.2, -0.15) is 0 Å². The van der Waals surface area contributed by atoms with Crippen molar-refractivity contribution in [1.29, 1.82) is 0 Å². The zero-order valence-electron chi connectivity index (χ0n) is 14.6. The fraction of sp³-hybridized carbons (Fsp3) is 0.579. The van der Waals surface area contributed by atoms with Gasteiger partial charge < -0.3 is 14.4 Å². The lowest BCUT2D eigenvalue weighted by Crippen LogP contribution is -2.43. The molecule has 0 bridgehead atoms. The SMILES string of the molecule is CC(C)(C)OC(=O)N1CCCC2(CC1)CC(=O)c1ccccc1O2. The fourth-order valence-corrected chi connectivity index (χ4v) is 3.40. The lowest BCUT2D eigenvalue weighted by molar-refractivity contribution is 0.0188. The number of likely N-dealkylation sites (tertiary alicyclic amines) is 1. The van der Waals surface area contributed by atoms with E-state index in [1.54, 1.807) is 4.90 Å². The number of fused-ring (bicyclic) bond motifs is 1. The van der Waals surface area contributed by atoms with Crippen LogP contribution in [0.2, 0.25) is 0 Å². The van der Waals surface area contributed by atoms with E-state index in [-0.39, 0.29) is 11.9 Å². The first kappa shape index (κ1) is 16.8. The highest BCUT2D eigenvalue weighted by Crippen LogP contribution is 2.39. The molecule has 2 aliphatic heterocycles. The quantitative estimate of drug-likeness (QED) is 0.725. The van der Waals surface area contributed by atoms with Gasteiger partial charge in [-0.05, 0) is 45.7 Å². The van der Waals surface area contributed by atoms with Crippen LogP contribution < -0.4 is 4.74 Å². The molecular formula is C19H25NO4. The molecule has 1 aromatic carbocycles. The summed E-state index contributed by atoms with van der Waals surface area (Å²) in [5, 5.41) is 0. The third-order valence-corrected chi connectivity index (χ3v) is 4.55. The molecule has 0 aliphatic carbocycles. The number of Topliss-reactive ketones (excluding diaryl/α,β-unsaturated/α-hetero) is 1. The van der Waals surface area contributed by atoms with Crippen LogP contribution in [0.4, 0.5) is 4.79 Å². The molecule has 2 heterocycles. The molecule has 0 aromatic heterocycles. The summed E-state index contributed by atoms with van der Waals surface area (Å²) in [6.45, 7) is 6.78. The van der Waals surface area contributed by atoms with Gasteiger partial charge in [0, 0.05) is 19.5 Å². The van der Waals surface area contributed by atoms with E-state index in [4.69, 9.17) is 9.47 Å². The number of carbonyl (C=O) groups excluding carboxylic acids is 2. The van der Waals surface area contributed by atoms with Crippen LogP contribution in [0.15, 0.2) is 24.3 Å². The summed E-state index contributed by atoms with van der Waals surface area (Å²) >= 11 is 0. The van der Waals surface area contributed by atoms with Gasteiger partial charge in [-0.3, -0.25) is 4.79 Å². The molecule has 1 fully saturated rings. The maximum absolute atomic E-state index is 12.5. The minimum atomic E-state index is -0.503. The van der Waals surface area contributed by atoms with E-state index in [1.165, 1.54) is 0 Å². The monoisotopic (exact) mass is 331 g/mol. The summed E-state index contributed by atoms with van der Waals surface area (Å²) in [5.74, 6) is 0.794. The third-order valence-electron chi connectivity index (χ3n) is 4.55. The van der Waals surface area contributed by atoms with Gasteiger partial charge in [-0.1, -0.05) is 12.1 Å². The Kier molecular flexibility index (Phi) is 4.28. The predicted octanol–water partition coefficient (Wildman–Crippen LogP) is 3.81. The molecule has 0 radical (unpaired) electrons. The van der Waals surface area contributed by atoms with Crippen LogP contribution in [-0.2, 0) is 4.74 Å². The number of carbonyl (C=O) groups is 2. The minimum absolute atomic E-state index is 0.127. The smallest absolute Gasteiger partial charge is 0.410 e. The first-order valence-electron chi connectivity index (χ1n) is 8.57. The Labute approximate surface area is 142 Å². The van der Waals surface area contributed by atoms with Crippen molar-refractivity contribution >= 4 is 11.9 Å². The Hall–Kier alpha value is -2.04. The molecule has 1 atom stereocenters. The number of benzene rings is 1. The number of hydrogen-bond acceptors (Lipinski definition) is 4. The highest BCUT2D eigenvalue weighted by atomic mass is 16.6. The number of hydrogen-bond donors (Lipinski definition) is 0. The molecule has 5 nitrogen and oxygen atoms in total. The molecule has 1 unspecified atom stereocenters. The van der Waals surface area contributed by atoms with E-state index in [9.17, 15) is 9.59 Å². The number of amides is 1. The second kappa shape index (κ2) is 6.11. The third kappa shape index (κ3) is 3.55. The molecule has 2 aliphatic rings. The van der Waals surface area contributed by atoms with Crippen LogP contribution in [0.1, 0.15) is 56.8 Å². The van der Waals surface area contributed by atoms with Crippen molar-refractivity contribution in [3.05, 3.63) is 29.8 Å². The number of ketones is 1. The van der Waals surface area contributed by atoms with Crippen molar-refractivity contribution in [3.63, 3.8) is 0 Å². The first-order chi connectivity index (χ1) is 11.3. The summed E-state index contributed by atoms with van der Waals surface area (Å²) in [6.07, 6.45) is 2.31. The van der Waals surface area contributed by atoms with Crippen molar-refractivity contribution < 1.29 is 19.1 Å². The van der Waals surface area contributed by atoms with Crippen LogP contribution in [0.5, 0.6) is 5.75 Å². The number of rotatable bonds is 0. The summed E-state index contributed by atoms with van der Waals surface area (Å²) < 4.78 is 11.7. The van der Waals surface area contributed by atoms with Gasteiger partial charge in [-0.25, -0.2) is 4.79 Å². The largest absolute Gasteiger partial charge is 0.486 e. The second-order valence-corrected chi connectivity index (χ2v) is 7.70. The van der Waals surface area contributed by atoms with E-state index in [0.717, 1.165) is 12.8 Å². The van der Waals surface area contributed by atoms with E-state index >= 15 is 0 Å². The molecule has 5 heteroatoms. The molecular weight excluding hydrogens is 306 g/mol. The van der Waals surface area contributed by atoms with E-state index < -0.39 is 11.2 Å². The predicted molar refractivity (Wildman–Crippen MR) is 90.4 cm³/mol. The van der Waals surface area contributed by atoms with Gasteiger partial charge in [0.2, 0.25) is 0 Å². The second-order valence-electron chi connectivity index (χ2n) is 7.70. The Bertz CT molecular complexity index is 649. The van der Waals surface area contributed by atoms with Gasteiger partial charge in [0.1, 0.15) is 17.0 Å². The molecule has 24 heavy (non-hydrogen) atoms. The zero-order valence-corrected chi connectivity index (χ0v) is 14.6. The van der Waals surface area contributed by atoms with Crippen LogP contribution >= 0.6 is 0 Å². The number of nitrogens with zero attached hydrogens (tertiary/aromatic N) is 1. The molecule has 0 N–H and O–H groups in total. The summed E-state index contributed by atoms with van der Waals surface area (Å²) in [7, 11) is 0. The normalized spacial score (nSPS) is 24.1. The van der Waals surface area contributed by atoms with Gasteiger partial charge in [0.25, 0.3) is 0 Å². The average molecular weight is 331 g/mol. The topological polar surface area (TPSA) is 55.8 Å². The molecule has 1 amide bonds. The molecule has 130 valence electrons. The van der Waals surface area contributed by atoms with Crippen molar-refractivity contribution in [2.75, 3.05) is 13.1 Å². The highest BCUT2D eigenvalue weighted by molar-refractivity contribution is 6.00. The maximum Gasteiger partial charge on any atom is 0.410 e. The van der Waals surface area contributed by atoms with Gasteiger partial charge in [0.15, 0.2) is 5.78 Å². The highest BCUT2D eigenvalue weighted by Gasteiger charge is 2.42. The minimum Gasteiger partial charge on any atom is -0.486 e. The van der Waals surface area contributed by atoms with Gasteiger partial charge in [0.05, 0.1) is 12.0 Å². The Morgan fingerprint density at radius 2 is 1.96 bits per heavy atom. The Morgan fingerprint density at radius 3 is 2.71 bits per heavy atom. The van der Waals surface area contributed by atoms with Gasteiger partial charge >= 0.3 is 6.09 Å². The van der Waals surface area contributed by atoms with Crippen LogP contribution in [0.25, 0.3) is 0 Å². The molecule has 1 aromatic rings. The lowest BCUT2D eigenvalue weighted by atomic mass is 9.84. The lowest BCUT2D eigenvalue weighted by Gasteiger charge is -2.37. The van der Waals surface area contributed by atoms with Gasteiger partial charge in [-0.15, -0.1) is 0 Å². The van der Waals surface area contributed by atoms with E-state index in [1.807, 2.05) is 45.0 Å². The standard InChI is InChI=1S/C19H25NO4/c1-18(2,3)24-17(22)20-11-6-9-19(10-12-20)13-15(21)14-7-4-5-8-16(14)23-19/h4-5,7-8H,6,9-13H2,1-3H3. The van der Waals surface area contributed by atoms with Crippen LogP contribution in [-0.4, -0.2) is 41.1 Å². The molecule has 3 rings (SSSR count). The maximum atomic E-state index is 12.5. The Balaban J connectivity index is 1.72. The first-order valence-corrected chi connectivity index (χ1v) is 8.57. The molecule has 1 saturated heterocycles. The summed E-state index contributed by atoms with van der Waals surface area (Å²) in [5.41, 5.74) is -0.337. The van der Waals surface area contributed by atoms with E-state index in [2.05, 4.69) is 0 Å². The van der Waals surface area contributed by atoms with Crippen molar-refractivity contribution in [1.82, 2.24) is 4.90 Å². The fourth-order valence-electron chi connectivity index (χ4n) is 3.40.